The van der Waals surface area contributed by atoms with E-state index < -0.39 is 9.84 Å². The highest BCUT2D eigenvalue weighted by Gasteiger charge is 2.23. The van der Waals surface area contributed by atoms with Gasteiger partial charge in [0.2, 0.25) is 9.84 Å². The van der Waals surface area contributed by atoms with Crippen molar-refractivity contribution in [1.29, 1.82) is 0 Å². The Hall–Kier alpha value is -1.65. The Labute approximate surface area is 132 Å². The fourth-order valence-corrected chi connectivity index (χ4v) is 4.64. The molecule has 0 amide bonds. The van der Waals surface area contributed by atoms with Crippen LogP contribution in [-0.4, -0.2) is 15.0 Å². The van der Waals surface area contributed by atoms with Gasteiger partial charge in [0, 0.05) is 0 Å². The van der Waals surface area contributed by atoms with Crippen LogP contribution in [0.25, 0.3) is 0 Å². The molecular weight excluding hydrogens is 294 g/mol. The van der Waals surface area contributed by atoms with Crippen molar-refractivity contribution in [3.8, 4) is 0 Å². The number of benzene rings is 2. The van der Waals surface area contributed by atoms with E-state index in [9.17, 15) is 8.42 Å². The Morgan fingerprint density at radius 1 is 1.14 bits per heavy atom. The second kappa shape index (κ2) is 5.86. The Bertz CT molecular complexity index is 796. The van der Waals surface area contributed by atoms with Gasteiger partial charge in [0.15, 0.2) is 0 Å². The summed E-state index contributed by atoms with van der Waals surface area (Å²) in [6.07, 6.45) is 3.10. The van der Waals surface area contributed by atoms with E-state index in [-0.39, 0.29) is 0 Å². The lowest BCUT2D eigenvalue weighted by molar-refractivity contribution is 0.558. The lowest BCUT2D eigenvalue weighted by Gasteiger charge is -2.24. The van der Waals surface area contributed by atoms with Gasteiger partial charge in [-0.15, -0.1) is 0 Å². The zero-order valence-electron chi connectivity index (χ0n) is 12.7. The van der Waals surface area contributed by atoms with Crippen LogP contribution in [0.2, 0.25) is 0 Å². The van der Waals surface area contributed by atoms with E-state index >= 15 is 0 Å². The number of aryl methyl sites for hydroxylation is 2. The van der Waals surface area contributed by atoms with Crippen molar-refractivity contribution in [2.45, 2.75) is 41.9 Å². The molecule has 1 atom stereocenters. The molecule has 22 heavy (non-hydrogen) atoms. The molecule has 0 radical (unpaired) electrons. The maximum atomic E-state index is 12.8. The van der Waals surface area contributed by atoms with Crippen LogP contribution in [0.15, 0.2) is 52.3 Å². The fourth-order valence-electron chi connectivity index (χ4n) is 3.22. The average Bonchev–Trinajstić information content (AvgIpc) is 2.53. The van der Waals surface area contributed by atoms with Crippen molar-refractivity contribution in [1.82, 2.24) is 0 Å². The first kappa shape index (κ1) is 15.3. The summed E-state index contributed by atoms with van der Waals surface area (Å²) in [5.41, 5.74) is 9.13. The van der Waals surface area contributed by atoms with Crippen molar-refractivity contribution in [2.75, 3.05) is 6.54 Å². The maximum absolute atomic E-state index is 12.8. The van der Waals surface area contributed by atoms with Crippen molar-refractivity contribution in [2.24, 2.45) is 5.73 Å². The highest BCUT2D eigenvalue weighted by atomic mass is 32.2. The van der Waals surface area contributed by atoms with Gasteiger partial charge in [0.05, 0.1) is 9.79 Å². The zero-order chi connectivity index (χ0) is 15.7. The molecule has 4 heteroatoms. The lowest BCUT2D eigenvalue weighted by atomic mass is 9.83. The van der Waals surface area contributed by atoms with Crippen LogP contribution in [0.3, 0.4) is 0 Å². The summed E-state index contributed by atoms with van der Waals surface area (Å²) < 4.78 is 25.6. The molecule has 2 aromatic rings. The highest BCUT2D eigenvalue weighted by molar-refractivity contribution is 7.91. The van der Waals surface area contributed by atoms with Gasteiger partial charge in [0.1, 0.15) is 0 Å². The van der Waals surface area contributed by atoms with Crippen LogP contribution in [-0.2, 0) is 16.3 Å². The van der Waals surface area contributed by atoms with E-state index in [4.69, 9.17) is 5.73 Å². The van der Waals surface area contributed by atoms with Crippen molar-refractivity contribution < 1.29 is 8.42 Å². The largest absolute Gasteiger partial charge is 0.330 e. The topological polar surface area (TPSA) is 60.2 Å². The molecule has 0 saturated heterocycles. The van der Waals surface area contributed by atoms with Crippen molar-refractivity contribution >= 4 is 9.84 Å². The molecule has 1 unspecified atom stereocenters. The van der Waals surface area contributed by atoms with Gasteiger partial charge in [-0.25, -0.2) is 8.42 Å². The second-order valence-electron chi connectivity index (χ2n) is 6.01. The Balaban J connectivity index is 2.06. The summed E-state index contributed by atoms with van der Waals surface area (Å²) in [6.45, 7) is 2.52. The first-order valence-electron chi connectivity index (χ1n) is 7.67. The van der Waals surface area contributed by atoms with E-state index in [1.165, 1.54) is 5.56 Å². The molecule has 2 N–H and O–H groups in total. The molecule has 0 aliphatic heterocycles. The number of nitrogens with two attached hydrogens (primary N) is 1. The third kappa shape index (κ3) is 2.69. The average molecular weight is 315 g/mol. The predicted molar refractivity (Wildman–Crippen MR) is 87.8 cm³/mol. The molecule has 2 aromatic carbocycles. The molecule has 1 aliphatic rings. The van der Waals surface area contributed by atoms with Crippen LogP contribution < -0.4 is 5.73 Å². The maximum Gasteiger partial charge on any atom is 0.206 e. The number of rotatable bonds is 3. The molecule has 0 aromatic heterocycles. The molecule has 1 aliphatic carbocycles. The third-order valence-corrected chi connectivity index (χ3v) is 6.20. The molecule has 0 saturated carbocycles. The Morgan fingerprint density at radius 2 is 1.91 bits per heavy atom. The van der Waals surface area contributed by atoms with Gasteiger partial charge in [0.25, 0.3) is 0 Å². The quantitative estimate of drug-likeness (QED) is 0.946. The van der Waals surface area contributed by atoms with Gasteiger partial charge < -0.3 is 5.73 Å². The zero-order valence-corrected chi connectivity index (χ0v) is 13.6. The van der Waals surface area contributed by atoms with Crippen LogP contribution in [0.5, 0.6) is 0 Å². The standard InChI is InChI=1S/C18H21NO2S/c1-13-4-2-7-16(10-13)22(20,21)17-8-9-18-14(11-17)5-3-6-15(18)12-19/h2,4,7-11,15H,3,5-6,12,19H2,1H3. The molecular formula is C18H21NO2S. The first-order chi connectivity index (χ1) is 10.5. The SMILES string of the molecule is Cc1cccc(S(=O)(=O)c2ccc3c(c2)CCCC3CN)c1. The normalized spacial score (nSPS) is 18.0. The molecule has 0 fully saturated rings. The summed E-state index contributed by atoms with van der Waals surface area (Å²) in [7, 11) is -3.45. The summed E-state index contributed by atoms with van der Waals surface area (Å²) in [4.78, 5) is 0.744. The molecule has 116 valence electrons. The molecule has 3 nitrogen and oxygen atoms in total. The number of hydrogen-bond donors (Lipinski definition) is 1. The van der Waals surface area contributed by atoms with E-state index in [1.54, 1.807) is 24.3 Å². The van der Waals surface area contributed by atoms with Gasteiger partial charge in [-0.3, -0.25) is 0 Å². The fraction of sp³-hybridized carbons (Fsp3) is 0.333. The summed E-state index contributed by atoms with van der Waals surface area (Å²) in [5, 5.41) is 0. The number of fused-ring (bicyclic) bond motifs is 1. The summed E-state index contributed by atoms with van der Waals surface area (Å²) in [5.74, 6) is 0.361. The number of sulfone groups is 1. The first-order valence-corrected chi connectivity index (χ1v) is 9.15. The summed E-state index contributed by atoms with van der Waals surface area (Å²) in [6, 6.07) is 12.6. The van der Waals surface area contributed by atoms with Gasteiger partial charge in [-0.05, 0) is 79.6 Å². The highest BCUT2D eigenvalue weighted by Crippen LogP contribution is 2.33. The van der Waals surface area contributed by atoms with E-state index in [1.807, 2.05) is 25.1 Å². The lowest BCUT2D eigenvalue weighted by Crippen LogP contribution is -2.18. The van der Waals surface area contributed by atoms with E-state index in [0.29, 0.717) is 22.3 Å². The Kier molecular flexibility index (Phi) is 4.06. The van der Waals surface area contributed by atoms with Crippen LogP contribution in [0, 0.1) is 6.92 Å². The minimum Gasteiger partial charge on any atom is -0.330 e. The van der Waals surface area contributed by atoms with Crippen molar-refractivity contribution in [3.63, 3.8) is 0 Å². The van der Waals surface area contributed by atoms with Gasteiger partial charge in [-0.2, -0.15) is 0 Å². The monoisotopic (exact) mass is 315 g/mol. The molecule has 3 rings (SSSR count). The molecule has 0 bridgehead atoms. The number of hydrogen-bond acceptors (Lipinski definition) is 3. The van der Waals surface area contributed by atoms with Crippen molar-refractivity contribution in [3.05, 3.63) is 59.2 Å². The summed E-state index contributed by atoms with van der Waals surface area (Å²) >= 11 is 0. The van der Waals surface area contributed by atoms with Crippen LogP contribution in [0.1, 0.15) is 35.4 Å². The Morgan fingerprint density at radius 3 is 2.64 bits per heavy atom. The predicted octanol–water partition coefficient (Wildman–Crippen LogP) is 3.21. The van der Waals surface area contributed by atoms with Crippen LogP contribution in [0.4, 0.5) is 0 Å². The van der Waals surface area contributed by atoms with Gasteiger partial charge >= 0.3 is 0 Å². The molecule has 0 heterocycles. The second-order valence-corrected chi connectivity index (χ2v) is 7.96. The van der Waals surface area contributed by atoms with Crippen LogP contribution >= 0.6 is 0 Å². The third-order valence-electron chi connectivity index (χ3n) is 4.45. The minimum absolute atomic E-state index is 0.360. The van der Waals surface area contributed by atoms with E-state index in [2.05, 4.69) is 0 Å². The van der Waals surface area contributed by atoms with E-state index in [0.717, 1.165) is 30.4 Å². The smallest absolute Gasteiger partial charge is 0.206 e. The minimum atomic E-state index is -3.45. The molecule has 0 spiro atoms. The van der Waals surface area contributed by atoms with Gasteiger partial charge in [-0.1, -0.05) is 18.2 Å².